The summed E-state index contributed by atoms with van der Waals surface area (Å²) in [7, 11) is 0. The zero-order chi connectivity index (χ0) is 25.1. The number of urea groups is 1. The van der Waals surface area contributed by atoms with Gasteiger partial charge in [-0.25, -0.2) is 14.8 Å². The average Bonchev–Trinajstić information content (AvgIpc) is 2.88. The zero-order valence-electron chi connectivity index (χ0n) is 19.9. The number of amides is 2. The minimum Gasteiger partial charge on any atom is -0.388 e. The van der Waals surface area contributed by atoms with Gasteiger partial charge >= 0.3 is 12.2 Å². The highest BCUT2D eigenvalue weighted by molar-refractivity contribution is 5.91. The van der Waals surface area contributed by atoms with Gasteiger partial charge in [0.15, 0.2) is 0 Å². The van der Waals surface area contributed by atoms with E-state index in [0.29, 0.717) is 38.8 Å². The number of aliphatic hydroxyl groups is 1. The first-order valence-electron chi connectivity index (χ1n) is 12.1. The van der Waals surface area contributed by atoms with E-state index in [4.69, 9.17) is 0 Å². The predicted octanol–water partition coefficient (Wildman–Crippen LogP) is 4.33. The van der Waals surface area contributed by atoms with Crippen LogP contribution in [0.25, 0.3) is 0 Å². The molecule has 1 saturated heterocycles. The topological polar surface area (TPSA) is 81.6 Å². The Labute approximate surface area is 203 Å². The Balaban J connectivity index is 1.67. The van der Waals surface area contributed by atoms with E-state index >= 15 is 0 Å². The Morgan fingerprint density at radius 2 is 1.71 bits per heavy atom. The standard InChI is InChI=1S/C25H32F3N5O2/c1-2-31-24(19-8-4-3-5-9-19)12-7-14-33(20-16-29-21(30-17-20)25(26,27)28)22(34)32(15-13-24)18-23(35)10-6-11-23/h3-5,8-9,16-17,31,35H,2,6-7,10-15,18H2,1H3/t24-/m0/s1. The van der Waals surface area contributed by atoms with Crippen LogP contribution in [-0.4, -0.2) is 57.8 Å². The Morgan fingerprint density at radius 3 is 2.29 bits per heavy atom. The monoisotopic (exact) mass is 491 g/mol. The highest BCUT2D eigenvalue weighted by Crippen LogP contribution is 2.36. The van der Waals surface area contributed by atoms with Crippen LogP contribution in [0.1, 0.15) is 56.8 Å². The van der Waals surface area contributed by atoms with E-state index in [-0.39, 0.29) is 23.8 Å². The molecule has 4 rings (SSSR count). The number of aromatic nitrogens is 2. The van der Waals surface area contributed by atoms with Gasteiger partial charge in [0.2, 0.25) is 5.82 Å². The van der Waals surface area contributed by atoms with Crippen molar-refractivity contribution in [3.63, 3.8) is 0 Å². The second-order valence-corrected chi connectivity index (χ2v) is 9.53. The van der Waals surface area contributed by atoms with Crippen molar-refractivity contribution >= 4 is 11.7 Å². The lowest BCUT2D eigenvalue weighted by Crippen LogP contribution is -2.54. The maximum absolute atomic E-state index is 13.7. The summed E-state index contributed by atoms with van der Waals surface area (Å²) in [6.07, 6.45) is 1.59. The molecule has 2 heterocycles. The molecule has 1 saturated carbocycles. The summed E-state index contributed by atoms with van der Waals surface area (Å²) in [6, 6.07) is 9.75. The van der Waals surface area contributed by atoms with Crippen LogP contribution in [0, 0.1) is 0 Å². The van der Waals surface area contributed by atoms with E-state index < -0.39 is 17.6 Å². The number of hydrogen-bond acceptors (Lipinski definition) is 5. The van der Waals surface area contributed by atoms with Crippen molar-refractivity contribution < 1.29 is 23.1 Å². The summed E-state index contributed by atoms with van der Waals surface area (Å²) in [4.78, 5) is 23.7. The van der Waals surface area contributed by atoms with Crippen molar-refractivity contribution in [3.8, 4) is 0 Å². The molecule has 2 fully saturated rings. The highest BCUT2D eigenvalue weighted by atomic mass is 19.4. The van der Waals surface area contributed by atoms with Gasteiger partial charge in [-0.15, -0.1) is 0 Å². The first-order valence-corrected chi connectivity index (χ1v) is 12.1. The van der Waals surface area contributed by atoms with Gasteiger partial charge in [0.05, 0.1) is 30.2 Å². The van der Waals surface area contributed by atoms with Crippen LogP contribution < -0.4 is 10.2 Å². The van der Waals surface area contributed by atoms with Crippen molar-refractivity contribution in [2.75, 3.05) is 31.1 Å². The number of nitrogens with one attached hydrogen (secondary N) is 1. The molecule has 10 heteroatoms. The first-order chi connectivity index (χ1) is 16.7. The Hall–Kier alpha value is -2.72. The average molecular weight is 492 g/mol. The van der Waals surface area contributed by atoms with E-state index in [2.05, 4.69) is 27.4 Å². The van der Waals surface area contributed by atoms with Crippen LogP contribution in [-0.2, 0) is 11.7 Å². The highest BCUT2D eigenvalue weighted by Gasteiger charge is 2.41. The number of hydrogen-bond donors (Lipinski definition) is 2. The number of carbonyl (C=O) groups excluding carboxylic acids is 1. The van der Waals surface area contributed by atoms with Gasteiger partial charge in [-0.05, 0) is 50.6 Å². The molecule has 7 nitrogen and oxygen atoms in total. The van der Waals surface area contributed by atoms with Gasteiger partial charge in [-0.2, -0.15) is 13.2 Å². The van der Waals surface area contributed by atoms with Gasteiger partial charge in [0.1, 0.15) is 0 Å². The molecule has 0 unspecified atom stereocenters. The number of carbonyl (C=O) groups is 1. The van der Waals surface area contributed by atoms with Crippen molar-refractivity contribution in [2.45, 2.75) is 62.8 Å². The van der Waals surface area contributed by atoms with Gasteiger partial charge in [-0.1, -0.05) is 37.3 Å². The molecule has 1 aromatic heterocycles. The molecule has 0 bridgehead atoms. The molecular formula is C25H32F3N5O2. The maximum Gasteiger partial charge on any atom is 0.451 e. The number of anilines is 1. The van der Waals surface area contributed by atoms with E-state index in [1.54, 1.807) is 4.90 Å². The first kappa shape index (κ1) is 25.4. The lowest BCUT2D eigenvalue weighted by molar-refractivity contribution is -0.144. The van der Waals surface area contributed by atoms with Gasteiger partial charge in [0.25, 0.3) is 0 Å². The second kappa shape index (κ2) is 10.1. The second-order valence-electron chi connectivity index (χ2n) is 9.53. The van der Waals surface area contributed by atoms with Gasteiger partial charge < -0.3 is 15.3 Å². The molecule has 0 radical (unpaired) electrons. The molecule has 35 heavy (non-hydrogen) atoms. The molecule has 2 N–H and O–H groups in total. The fourth-order valence-corrected chi connectivity index (χ4v) is 5.11. The number of β-amino-alcohol motifs (C(OH)–C–C–N with tert-alkyl or cyclic N) is 1. The van der Waals surface area contributed by atoms with Crippen LogP contribution in [0.2, 0.25) is 0 Å². The van der Waals surface area contributed by atoms with Crippen molar-refractivity contribution in [1.82, 2.24) is 20.2 Å². The van der Waals surface area contributed by atoms with Crippen LogP contribution in [0.5, 0.6) is 0 Å². The normalized spacial score (nSPS) is 23.3. The van der Waals surface area contributed by atoms with Crippen LogP contribution >= 0.6 is 0 Å². The fraction of sp³-hybridized carbons (Fsp3) is 0.560. The summed E-state index contributed by atoms with van der Waals surface area (Å²) in [5.74, 6) is -1.24. The Bertz CT molecular complexity index is 998. The molecule has 1 atom stereocenters. The molecule has 0 spiro atoms. The molecule has 1 aliphatic carbocycles. The SMILES string of the molecule is CCN[C@@]1(c2ccccc2)CCCN(c2cnc(C(F)(F)F)nc2)C(=O)N(CC2(O)CCC2)CC1. The number of alkyl halides is 3. The number of benzene rings is 1. The lowest BCUT2D eigenvalue weighted by atomic mass is 9.79. The number of rotatable bonds is 6. The minimum atomic E-state index is -4.66. The van der Waals surface area contributed by atoms with E-state index in [1.807, 2.05) is 25.1 Å². The molecule has 1 aromatic carbocycles. The van der Waals surface area contributed by atoms with E-state index in [0.717, 1.165) is 37.3 Å². The van der Waals surface area contributed by atoms with Crippen molar-refractivity contribution in [2.24, 2.45) is 0 Å². The van der Waals surface area contributed by atoms with Crippen LogP contribution in [0.15, 0.2) is 42.7 Å². The smallest absolute Gasteiger partial charge is 0.388 e. The quantitative estimate of drug-likeness (QED) is 0.629. The van der Waals surface area contributed by atoms with Gasteiger partial charge in [-0.3, -0.25) is 4.90 Å². The van der Waals surface area contributed by atoms with Crippen LogP contribution in [0.3, 0.4) is 0 Å². The summed E-state index contributed by atoms with van der Waals surface area (Å²) in [5.41, 5.74) is 0.0374. The third-order valence-electron chi connectivity index (χ3n) is 7.11. The van der Waals surface area contributed by atoms with Crippen molar-refractivity contribution in [1.29, 1.82) is 0 Å². The maximum atomic E-state index is 13.7. The molecule has 190 valence electrons. The molecule has 2 aromatic rings. The summed E-state index contributed by atoms with van der Waals surface area (Å²) < 4.78 is 38.9. The molecule has 1 aliphatic heterocycles. The summed E-state index contributed by atoms with van der Waals surface area (Å²) >= 11 is 0. The summed E-state index contributed by atoms with van der Waals surface area (Å²) in [6.45, 7) is 3.65. The Morgan fingerprint density at radius 1 is 1.03 bits per heavy atom. The fourth-order valence-electron chi connectivity index (χ4n) is 5.11. The predicted molar refractivity (Wildman–Crippen MR) is 126 cm³/mol. The summed E-state index contributed by atoms with van der Waals surface area (Å²) in [5, 5.41) is 14.5. The number of halogens is 3. The third-order valence-corrected chi connectivity index (χ3v) is 7.11. The van der Waals surface area contributed by atoms with E-state index in [9.17, 15) is 23.1 Å². The van der Waals surface area contributed by atoms with Gasteiger partial charge in [0, 0.05) is 18.6 Å². The van der Waals surface area contributed by atoms with Crippen molar-refractivity contribution in [3.05, 3.63) is 54.1 Å². The van der Waals surface area contributed by atoms with Crippen LogP contribution in [0.4, 0.5) is 23.7 Å². The number of nitrogens with zero attached hydrogens (tertiary/aromatic N) is 4. The Kier molecular flexibility index (Phi) is 7.32. The lowest BCUT2D eigenvalue weighted by Gasteiger charge is -2.42. The minimum absolute atomic E-state index is 0.181. The zero-order valence-corrected chi connectivity index (χ0v) is 19.9. The largest absolute Gasteiger partial charge is 0.451 e. The molecule has 2 amide bonds. The molecular weight excluding hydrogens is 459 g/mol. The third kappa shape index (κ3) is 5.59. The van der Waals surface area contributed by atoms with E-state index in [1.165, 1.54) is 4.90 Å². The molecule has 2 aliphatic rings.